The summed E-state index contributed by atoms with van der Waals surface area (Å²) in [6.45, 7) is 2.21. The van der Waals surface area contributed by atoms with Gasteiger partial charge in [0.2, 0.25) is 0 Å². The topological polar surface area (TPSA) is 72.6 Å². The number of aromatic nitrogens is 3. The number of nitrogens with zero attached hydrogens (tertiary/aromatic N) is 5. The summed E-state index contributed by atoms with van der Waals surface area (Å²) in [5, 5.41) is 7.72. The fraction of sp³-hybridized carbons (Fsp3) is 0.600. The van der Waals surface area contributed by atoms with Crippen LogP contribution >= 0.6 is 10.2 Å². The predicted octanol–water partition coefficient (Wildman–Crippen LogP) is 1.33. The molecule has 18 heavy (non-hydrogen) atoms. The molecule has 0 aromatic carbocycles. The largest absolute Gasteiger partial charge is 0.444 e. The summed E-state index contributed by atoms with van der Waals surface area (Å²) >= 11 is 0. The highest BCUT2D eigenvalue weighted by molar-refractivity contribution is 8.30. The lowest BCUT2D eigenvalue weighted by molar-refractivity contribution is 0.136. The molecule has 0 saturated carbocycles. The van der Waals surface area contributed by atoms with Gasteiger partial charge in [-0.1, -0.05) is 5.16 Å². The van der Waals surface area contributed by atoms with Crippen LogP contribution in [0.2, 0.25) is 0 Å². The molecule has 102 valence electrons. The molecule has 1 amide bonds. The summed E-state index contributed by atoms with van der Waals surface area (Å²) in [6, 6.07) is 0. The van der Waals surface area contributed by atoms with Gasteiger partial charge in [-0.3, -0.25) is 9.14 Å². The zero-order valence-electron chi connectivity index (χ0n) is 11.3. The number of hydrogen-bond donors (Lipinski definition) is 0. The van der Waals surface area contributed by atoms with E-state index in [4.69, 9.17) is 4.84 Å². The van der Waals surface area contributed by atoms with Gasteiger partial charge in [0.15, 0.2) is 0 Å². The van der Waals surface area contributed by atoms with Crippen LogP contribution in [-0.2, 0) is 11.4 Å². The van der Waals surface area contributed by atoms with E-state index in [0.29, 0.717) is 12.3 Å². The van der Waals surface area contributed by atoms with Gasteiger partial charge in [0.05, 0.1) is 12.3 Å². The van der Waals surface area contributed by atoms with Crippen LogP contribution in [0.4, 0.5) is 4.79 Å². The molecule has 0 atom stereocenters. The molecule has 0 radical (unpaired) electrons. The quantitative estimate of drug-likeness (QED) is 0.471. The molecule has 0 spiro atoms. The fourth-order valence-electron chi connectivity index (χ4n) is 0.976. The number of carbonyl (C=O) groups is 1. The van der Waals surface area contributed by atoms with Crippen LogP contribution in [0.25, 0.3) is 0 Å². The number of amides is 1. The smallest absolute Gasteiger partial charge is 0.297 e. The first-order chi connectivity index (χ1) is 8.30. The molecule has 0 unspecified atom stereocenters. The molecule has 0 aliphatic rings. The maximum absolute atomic E-state index is 11.7. The average Bonchev–Trinajstić information content (AvgIpc) is 2.76. The van der Waals surface area contributed by atoms with Crippen molar-refractivity contribution in [2.24, 2.45) is 5.16 Å². The van der Waals surface area contributed by atoms with E-state index < -0.39 is 16.3 Å². The molecule has 0 saturated heterocycles. The Kier molecular flexibility index (Phi) is 4.71. The molecule has 0 N–H and O–H groups in total. The summed E-state index contributed by atoms with van der Waals surface area (Å²) in [5.41, 5.74) is 0.645. The maximum Gasteiger partial charge on any atom is 0.444 e. The molecule has 1 aromatic rings. The van der Waals surface area contributed by atoms with Gasteiger partial charge in [0, 0.05) is 7.05 Å². The zero-order valence-corrected chi connectivity index (χ0v) is 12.1. The van der Waals surface area contributed by atoms with E-state index in [0.717, 1.165) is 0 Å². The van der Waals surface area contributed by atoms with Crippen LogP contribution in [0, 0.1) is 0 Å². The Labute approximate surface area is 108 Å². The monoisotopic (exact) mass is 273 g/mol. The van der Waals surface area contributed by atoms with E-state index in [2.05, 4.69) is 15.2 Å². The molecule has 0 aliphatic carbocycles. The second-order valence-corrected chi connectivity index (χ2v) is 8.64. The molecule has 1 heterocycles. The van der Waals surface area contributed by atoms with E-state index in [1.54, 1.807) is 29.3 Å². The Morgan fingerprint density at radius 1 is 1.50 bits per heavy atom. The van der Waals surface area contributed by atoms with Gasteiger partial charge in [-0.2, -0.15) is 15.3 Å². The lowest BCUT2D eigenvalue weighted by Crippen LogP contribution is -2.28. The van der Waals surface area contributed by atoms with Crippen molar-refractivity contribution in [3.05, 3.63) is 12.7 Å². The Balaban J connectivity index is 2.51. The zero-order chi connectivity index (χ0) is 13.8. The maximum atomic E-state index is 11.7. The first-order valence-electron chi connectivity index (χ1n) is 5.30. The number of oxime groups is 1. The van der Waals surface area contributed by atoms with Gasteiger partial charge in [0.1, 0.15) is 12.7 Å². The van der Waals surface area contributed by atoms with Crippen molar-refractivity contribution in [1.82, 2.24) is 19.1 Å². The molecular weight excluding hydrogens is 254 g/mol. The van der Waals surface area contributed by atoms with Crippen LogP contribution in [0.3, 0.4) is 0 Å². The van der Waals surface area contributed by atoms with E-state index in [9.17, 15) is 4.79 Å². The second-order valence-electron chi connectivity index (χ2n) is 4.55. The Bertz CT molecular complexity index is 424. The lowest BCUT2D eigenvalue weighted by atomic mass is 10.4. The van der Waals surface area contributed by atoms with E-state index in [1.165, 1.54) is 6.33 Å². The Hall–Kier alpha value is -1.57. The summed E-state index contributed by atoms with van der Waals surface area (Å²) in [4.78, 5) is 20.4. The van der Waals surface area contributed by atoms with Gasteiger partial charge in [0.25, 0.3) is 0 Å². The standard InChI is InChI=1S/C10H19N5O2S/c1-9(6-15-8-11-7-12-15)13-17-10(16)14(2)18(3,4)5/h7-8H,6H2,1-5H3/b13-9+. The number of carbonyl (C=O) groups excluding carboxylic acids is 1. The normalized spacial score (nSPS) is 13.3. The summed E-state index contributed by atoms with van der Waals surface area (Å²) in [7, 11) is 0.570. The molecule has 0 bridgehead atoms. The molecule has 8 heteroatoms. The fourth-order valence-corrected chi connectivity index (χ4v) is 1.46. The van der Waals surface area contributed by atoms with Crippen molar-refractivity contribution in [1.29, 1.82) is 0 Å². The first kappa shape index (κ1) is 14.5. The van der Waals surface area contributed by atoms with Crippen LogP contribution in [0.5, 0.6) is 0 Å². The van der Waals surface area contributed by atoms with Crippen LogP contribution in [0.15, 0.2) is 17.8 Å². The van der Waals surface area contributed by atoms with Gasteiger partial charge in [-0.05, 0) is 25.7 Å². The van der Waals surface area contributed by atoms with Gasteiger partial charge in [-0.15, -0.1) is 0 Å². The SMILES string of the molecule is C/C(Cn1cncn1)=N\OC(=O)N(C)S(C)(C)C. The van der Waals surface area contributed by atoms with Crippen LogP contribution < -0.4 is 0 Å². The lowest BCUT2D eigenvalue weighted by Gasteiger charge is -2.35. The third kappa shape index (κ3) is 4.36. The minimum atomic E-state index is -1.14. The van der Waals surface area contributed by atoms with Crippen molar-refractivity contribution in [3.63, 3.8) is 0 Å². The number of hydrogen-bond acceptors (Lipinski definition) is 5. The summed E-state index contributed by atoms with van der Waals surface area (Å²) in [6.07, 6.45) is 8.57. The molecule has 0 aliphatic heterocycles. The average molecular weight is 273 g/mol. The van der Waals surface area contributed by atoms with Gasteiger partial charge >= 0.3 is 6.09 Å². The van der Waals surface area contributed by atoms with Gasteiger partial charge < -0.3 is 0 Å². The molecular formula is C10H19N5O2S. The third-order valence-electron chi connectivity index (χ3n) is 2.22. The Morgan fingerprint density at radius 2 is 2.17 bits per heavy atom. The van der Waals surface area contributed by atoms with Gasteiger partial charge in [-0.25, -0.2) is 14.5 Å². The van der Waals surface area contributed by atoms with Crippen LogP contribution in [0.1, 0.15) is 6.92 Å². The van der Waals surface area contributed by atoms with Crippen molar-refractivity contribution < 1.29 is 9.63 Å². The number of rotatable bonds is 4. The summed E-state index contributed by atoms with van der Waals surface area (Å²) < 4.78 is 3.17. The molecule has 1 rings (SSSR count). The second kappa shape index (κ2) is 5.85. The van der Waals surface area contributed by atoms with Crippen molar-refractivity contribution in [2.45, 2.75) is 13.5 Å². The minimum absolute atomic E-state index is 0.444. The van der Waals surface area contributed by atoms with Crippen molar-refractivity contribution in [3.8, 4) is 0 Å². The predicted molar refractivity (Wildman–Crippen MR) is 72.7 cm³/mol. The highest BCUT2D eigenvalue weighted by Gasteiger charge is 2.19. The highest BCUT2D eigenvalue weighted by Crippen LogP contribution is 2.38. The molecule has 1 aromatic heterocycles. The Morgan fingerprint density at radius 3 is 2.67 bits per heavy atom. The summed E-state index contributed by atoms with van der Waals surface area (Å²) in [5.74, 6) is 0. The first-order valence-corrected chi connectivity index (χ1v) is 8.11. The minimum Gasteiger partial charge on any atom is -0.297 e. The van der Waals surface area contributed by atoms with Crippen molar-refractivity contribution in [2.75, 3.05) is 25.8 Å². The van der Waals surface area contributed by atoms with E-state index in [-0.39, 0.29) is 0 Å². The van der Waals surface area contributed by atoms with E-state index in [1.807, 2.05) is 18.8 Å². The third-order valence-corrected chi connectivity index (χ3v) is 4.01. The van der Waals surface area contributed by atoms with Crippen molar-refractivity contribution >= 4 is 22.0 Å². The highest BCUT2D eigenvalue weighted by atomic mass is 32.3. The van der Waals surface area contributed by atoms with Crippen LogP contribution in [-0.4, -0.2) is 56.7 Å². The van der Waals surface area contributed by atoms with E-state index >= 15 is 0 Å². The molecule has 7 nitrogen and oxygen atoms in total. The molecule has 0 fully saturated rings.